The van der Waals surface area contributed by atoms with Crippen LogP contribution in [0.15, 0.2) is 152 Å². The number of nitrogens with zero attached hydrogens (tertiary/aromatic N) is 10. The van der Waals surface area contributed by atoms with Crippen molar-refractivity contribution < 1.29 is 26.3 Å². The molecule has 0 unspecified atom stereocenters. The van der Waals surface area contributed by atoms with Crippen molar-refractivity contribution in [3.8, 4) is 56.3 Å². The highest BCUT2D eigenvalue weighted by Crippen LogP contribution is 2.48. The second kappa shape index (κ2) is 38.8. The summed E-state index contributed by atoms with van der Waals surface area (Å²) < 4.78 is 96.3. The number of nitrogens with one attached hydrogen (secondary N) is 5. The van der Waals surface area contributed by atoms with E-state index in [2.05, 4.69) is 101 Å². The van der Waals surface area contributed by atoms with Crippen molar-refractivity contribution in [2.24, 2.45) is 0 Å². The van der Waals surface area contributed by atoms with Gasteiger partial charge in [-0.05, 0) is 223 Å². The Kier molecular flexibility index (Phi) is 27.7. The Bertz CT molecular complexity index is 6960. The molecule has 20 rings (SSSR count). The Labute approximate surface area is 792 Å². The van der Waals surface area contributed by atoms with E-state index in [1.165, 1.54) is 101 Å². The number of halogens is 12. The standard InChI is InChI=1S/C21H19ClFN3S.C20H16Cl2FN3S.C19H14ClF2N3S.C19H21ClFN3S.C18H19ClFN3S/c1-11-7-5-8-12(2)18(11)24-20-19(17-15(22)9-6-10-16(17)23)25-21-26(20)13(3)14(4)27-21;1-10-6-4-8-14(22)17(10)24-19-18(16-13(21)7-5-9-15(16)23)25-20-26(19)11(2)12(3)27-20;1-10-11(2)26-19-24-17(16-14(20)4-3-5-15(16)22)18(25(10)19)23-13-8-6-12(21)7-9-13;1-11-12(2)25-19-23-17(16-14(20)9-6-10-15(16)21)18(24(11)19)22-13-7-4-3-5-8-13;1-10-11(2)24-18-22-16(15-13(19)8-5-9-14(15)20)17(23(10)18)21-12-6-3-4-7-12/h5-10,24H,1-4H3;4-9,24H,1-3H3;3-9,23H,1-2H3;6,9-10,13,22H,3-5,7-8H2,1-2H3;5,8-9,12,21H,3-4,6-7H2,1-2H3. The van der Waals surface area contributed by atoms with E-state index in [-0.39, 0.29) is 39.4 Å². The smallest absolute Gasteiger partial charge is 0.196 e. The van der Waals surface area contributed by atoms with E-state index in [9.17, 15) is 26.3 Å². The zero-order valence-electron chi connectivity index (χ0n) is 72.5. The summed E-state index contributed by atoms with van der Waals surface area (Å²) in [5.74, 6) is 1.48. The third-order valence-electron chi connectivity index (χ3n) is 23.6. The van der Waals surface area contributed by atoms with Crippen LogP contribution in [0.4, 0.5) is 72.5 Å². The van der Waals surface area contributed by atoms with Crippen LogP contribution in [0.25, 0.3) is 81.1 Å². The number of anilines is 8. The summed E-state index contributed by atoms with van der Waals surface area (Å²) in [5, 5.41) is 19.8. The molecule has 666 valence electrons. The minimum Gasteiger partial charge on any atom is -0.367 e. The SMILES string of the molecule is Cc1cccc(C)c1Nc1c(-c2c(F)cccc2Cl)nc2sc(C)c(C)n12.Cc1cccc(Cl)c1Nc1c(-c2c(F)cccc2Cl)nc2sc(C)c(C)n12.Cc1sc2nc(-c3c(F)cccc3Cl)c(NC3CCCC3)n2c1C.Cc1sc2nc(-c3c(F)cccc3Cl)c(NC3CCCCC3)n2c1C.Cc1sc2nc(-c3c(F)cccc3Cl)c(Nc3ccc(F)cc3)n2c1C. The van der Waals surface area contributed by atoms with Crippen LogP contribution in [0.1, 0.15) is 127 Å². The molecule has 0 spiro atoms. The molecule has 15 nitrogen and oxygen atoms in total. The van der Waals surface area contributed by atoms with Crippen LogP contribution in [0.3, 0.4) is 0 Å². The maximum absolute atomic E-state index is 14.7. The van der Waals surface area contributed by atoms with E-state index in [4.69, 9.17) is 89.5 Å². The second-order valence-corrected chi connectivity index (χ2v) is 40.4. The molecule has 2 aliphatic carbocycles. The van der Waals surface area contributed by atoms with Crippen LogP contribution in [0.2, 0.25) is 30.1 Å². The number of hydrogen-bond acceptors (Lipinski definition) is 15. The molecule has 0 saturated heterocycles. The Morgan fingerprint density at radius 3 is 0.814 bits per heavy atom. The average molecular weight is 1950 g/mol. The van der Waals surface area contributed by atoms with Gasteiger partial charge < -0.3 is 26.6 Å². The van der Waals surface area contributed by atoms with E-state index in [0.29, 0.717) is 99.7 Å². The molecular weight excluding hydrogens is 1860 g/mol. The number of rotatable bonds is 15. The van der Waals surface area contributed by atoms with Gasteiger partial charge in [0.15, 0.2) is 24.8 Å². The molecule has 8 aromatic carbocycles. The average Bonchev–Trinajstić information content (AvgIpc) is 1.62. The predicted octanol–water partition coefficient (Wildman–Crippen LogP) is 32.4. The van der Waals surface area contributed by atoms with Gasteiger partial charge in [0.1, 0.15) is 92.5 Å². The number of para-hydroxylation sites is 2. The molecule has 0 atom stereocenters. The first kappa shape index (κ1) is 92.2. The number of aryl methyl sites for hydroxylation is 13. The highest BCUT2D eigenvalue weighted by atomic mass is 35.5. The van der Waals surface area contributed by atoms with Gasteiger partial charge in [-0.25, -0.2) is 51.3 Å². The molecule has 18 aromatic rings. The van der Waals surface area contributed by atoms with E-state index < -0.39 is 11.6 Å². The van der Waals surface area contributed by atoms with Gasteiger partial charge in [-0.2, -0.15) is 0 Å². The van der Waals surface area contributed by atoms with Crippen LogP contribution in [0, 0.1) is 125 Å². The third-order valence-corrected chi connectivity index (χ3v) is 30.8. The summed E-state index contributed by atoms with van der Waals surface area (Å²) in [6.45, 7) is 26.5. The summed E-state index contributed by atoms with van der Waals surface area (Å²) in [6.07, 6.45) is 10.8. The summed E-state index contributed by atoms with van der Waals surface area (Å²) in [6, 6.07) is 42.0. The highest BCUT2D eigenvalue weighted by Gasteiger charge is 2.32. The Hall–Kier alpha value is -10.1. The molecule has 129 heavy (non-hydrogen) atoms. The van der Waals surface area contributed by atoms with Crippen molar-refractivity contribution in [2.45, 2.75) is 160 Å². The van der Waals surface area contributed by atoms with E-state index in [0.717, 1.165) is 134 Å². The first-order valence-electron chi connectivity index (χ1n) is 41.9. The minimum atomic E-state index is -0.445. The summed E-state index contributed by atoms with van der Waals surface area (Å²) >= 11 is 45.9. The van der Waals surface area contributed by atoms with Crippen LogP contribution in [-0.4, -0.2) is 59.0 Å². The van der Waals surface area contributed by atoms with Crippen molar-refractivity contribution >= 4 is 197 Å². The zero-order chi connectivity index (χ0) is 91.4. The molecule has 2 aliphatic rings. The lowest BCUT2D eigenvalue weighted by molar-refractivity contribution is 0.461. The molecule has 0 aliphatic heterocycles. The molecule has 32 heteroatoms. The van der Waals surface area contributed by atoms with E-state index in [1.807, 2.05) is 79.0 Å². The quantitative estimate of drug-likeness (QED) is 0.0629. The van der Waals surface area contributed by atoms with Crippen LogP contribution in [-0.2, 0) is 0 Å². The van der Waals surface area contributed by atoms with Gasteiger partial charge in [0, 0.05) is 76.3 Å². The molecule has 10 aromatic heterocycles. The monoisotopic (exact) mass is 1950 g/mol. The number of hydrogen-bond donors (Lipinski definition) is 5. The maximum atomic E-state index is 14.7. The fraction of sp³-hybridized carbons (Fsp3) is 0.247. The topological polar surface area (TPSA) is 147 Å². The van der Waals surface area contributed by atoms with Gasteiger partial charge in [0.2, 0.25) is 0 Å². The normalized spacial score (nSPS) is 13.0. The summed E-state index contributed by atoms with van der Waals surface area (Å²) in [4.78, 5) is 33.5. The molecule has 2 fully saturated rings. The number of imidazole rings is 5. The summed E-state index contributed by atoms with van der Waals surface area (Å²) in [7, 11) is 0. The highest BCUT2D eigenvalue weighted by molar-refractivity contribution is 7.18. The van der Waals surface area contributed by atoms with Crippen LogP contribution in [0.5, 0.6) is 0 Å². The maximum Gasteiger partial charge on any atom is 0.196 e. The minimum absolute atomic E-state index is 0.242. The number of aromatic nitrogens is 10. The van der Waals surface area contributed by atoms with Gasteiger partial charge in [-0.1, -0.05) is 162 Å². The first-order chi connectivity index (χ1) is 61.8. The van der Waals surface area contributed by atoms with Crippen LogP contribution >= 0.6 is 126 Å². The van der Waals surface area contributed by atoms with Crippen molar-refractivity contribution in [1.82, 2.24) is 46.9 Å². The van der Waals surface area contributed by atoms with Gasteiger partial charge in [0.25, 0.3) is 0 Å². The third kappa shape index (κ3) is 18.5. The van der Waals surface area contributed by atoms with Crippen molar-refractivity contribution in [1.29, 1.82) is 0 Å². The number of benzene rings is 8. The Balaban J connectivity index is 0.000000118. The van der Waals surface area contributed by atoms with E-state index in [1.54, 1.807) is 118 Å². The van der Waals surface area contributed by atoms with Crippen molar-refractivity contribution in [2.75, 3.05) is 26.6 Å². The molecule has 2 saturated carbocycles. The largest absolute Gasteiger partial charge is 0.367 e. The van der Waals surface area contributed by atoms with E-state index >= 15 is 0 Å². The second-order valence-electron chi connectivity index (χ2n) is 32.0. The van der Waals surface area contributed by atoms with Gasteiger partial charge >= 0.3 is 0 Å². The molecule has 0 amide bonds. The number of fused-ring (bicyclic) bond motifs is 5. The first-order valence-corrected chi connectivity index (χ1v) is 48.2. The fourth-order valence-corrected chi connectivity index (χ4v) is 22.6. The van der Waals surface area contributed by atoms with Crippen molar-refractivity contribution in [3.63, 3.8) is 0 Å². The Morgan fingerprint density at radius 1 is 0.279 bits per heavy atom. The molecule has 0 bridgehead atoms. The predicted molar refractivity (Wildman–Crippen MR) is 529 cm³/mol. The van der Waals surface area contributed by atoms with Crippen molar-refractivity contribution in [3.05, 3.63) is 286 Å². The zero-order valence-corrected chi connectivity index (χ0v) is 81.1. The Morgan fingerprint density at radius 2 is 0.519 bits per heavy atom. The fourth-order valence-electron chi connectivity index (χ4n) is 16.3. The lowest BCUT2D eigenvalue weighted by atomic mass is 9.95. The molecule has 0 radical (unpaired) electrons. The van der Waals surface area contributed by atoms with Gasteiger partial charge in [0.05, 0.1) is 63.6 Å². The lowest BCUT2D eigenvalue weighted by Crippen LogP contribution is -2.23. The van der Waals surface area contributed by atoms with Gasteiger partial charge in [-0.15, -0.1) is 56.7 Å². The molecule has 10 heterocycles. The lowest BCUT2D eigenvalue weighted by Gasteiger charge is -2.24. The van der Waals surface area contributed by atoms with Crippen LogP contribution < -0.4 is 26.6 Å². The molecular formula is C97H89Cl6F6N15S5. The molecule has 5 N–H and O–H groups in total. The van der Waals surface area contributed by atoms with Gasteiger partial charge in [-0.3, -0.25) is 22.0 Å². The number of thiazole rings is 5. The summed E-state index contributed by atoms with van der Waals surface area (Å²) in [5.41, 5.74) is 15.3.